The molecule has 92 valence electrons. The van der Waals surface area contributed by atoms with E-state index < -0.39 is 6.10 Å². The van der Waals surface area contributed by atoms with E-state index in [9.17, 15) is 9.90 Å². The van der Waals surface area contributed by atoms with E-state index in [0.29, 0.717) is 19.6 Å². The number of fused-ring (bicyclic) bond motifs is 2. The van der Waals surface area contributed by atoms with E-state index in [1.54, 1.807) is 6.08 Å². The Balaban J connectivity index is 1.97. The van der Waals surface area contributed by atoms with Crippen LogP contribution in [0.5, 0.6) is 0 Å². The third kappa shape index (κ3) is 1.60. The lowest BCUT2D eigenvalue weighted by molar-refractivity contribution is -0.118. The number of carbonyl (C=O) groups is 1. The van der Waals surface area contributed by atoms with Crippen molar-refractivity contribution in [3.8, 4) is 0 Å². The van der Waals surface area contributed by atoms with E-state index in [1.165, 1.54) is 5.57 Å². The lowest BCUT2D eigenvalue weighted by Gasteiger charge is -2.47. The maximum Gasteiger partial charge on any atom is 0.156 e. The number of ketones is 1. The largest absolute Gasteiger partial charge is 0.388 e. The van der Waals surface area contributed by atoms with Crippen molar-refractivity contribution >= 4 is 5.78 Å². The molecule has 1 N–H and O–H groups in total. The molecule has 1 spiro atoms. The highest BCUT2D eigenvalue weighted by molar-refractivity contribution is 5.93. The minimum Gasteiger partial charge on any atom is -0.388 e. The molecule has 2 aliphatic carbocycles. The lowest BCUT2D eigenvalue weighted by atomic mass is 9.62. The van der Waals surface area contributed by atoms with Crippen molar-refractivity contribution in [2.75, 3.05) is 13.2 Å². The highest BCUT2D eigenvalue weighted by Gasteiger charge is 2.51. The van der Waals surface area contributed by atoms with Gasteiger partial charge in [-0.3, -0.25) is 4.79 Å². The van der Waals surface area contributed by atoms with Crippen LogP contribution in [0.1, 0.15) is 26.2 Å². The minimum absolute atomic E-state index is 0.188. The van der Waals surface area contributed by atoms with Gasteiger partial charge in [-0.2, -0.15) is 0 Å². The van der Waals surface area contributed by atoms with Crippen molar-refractivity contribution in [1.29, 1.82) is 0 Å². The average Bonchev–Trinajstić information content (AvgIpc) is 2.66. The van der Waals surface area contributed by atoms with Crippen LogP contribution in [0.4, 0.5) is 0 Å². The fraction of sp³-hybridized carbons (Fsp3) is 0.643. The Morgan fingerprint density at radius 1 is 1.53 bits per heavy atom. The molecule has 0 aromatic carbocycles. The van der Waals surface area contributed by atoms with Gasteiger partial charge in [-0.1, -0.05) is 11.6 Å². The first-order chi connectivity index (χ1) is 8.12. The van der Waals surface area contributed by atoms with Crippen LogP contribution < -0.4 is 0 Å². The van der Waals surface area contributed by atoms with Gasteiger partial charge in [0.2, 0.25) is 0 Å². The summed E-state index contributed by atoms with van der Waals surface area (Å²) in [5, 5.41) is 10.4. The SMILES string of the molecule is CC1=C[C@H](O)[C@@]2(CC1)COCC1=CC(=O)C[C@@H]12. The van der Waals surface area contributed by atoms with E-state index in [1.807, 2.05) is 6.08 Å². The van der Waals surface area contributed by atoms with Crippen LogP contribution in [0.2, 0.25) is 0 Å². The molecular formula is C14H18O3. The molecule has 1 heterocycles. The summed E-state index contributed by atoms with van der Waals surface area (Å²) in [4.78, 5) is 11.6. The third-order valence-corrected chi connectivity index (χ3v) is 4.55. The Bertz CT molecular complexity index is 421. The van der Waals surface area contributed by atoms with Crippen LogP contribution in [-0.4, -0.2) is 30.2 Å². The van der Waals surface area contributed by atoms with E-state index in [2.05, 4.69) is 6.92 Å². The number of rotatable bonds is 0. The molecule has 0 saturated carbocycles. The zero-order chi connectivity index (χ0) is 12.0. The number of carbonyl (C=O) groups excluding carboxylic acids is 1. The number of allylic oxidation sites excluding steroid dienone is 2. The summed E-state index contributed by atoms with van der Waals surface area (Å²) < 4.78 is 5.62. The maximum atomic E-state index is 11.6. The summed E-state index contributed by atoms with van der Waals surface area (Å²) in [6.45, 7) is 3.19. The second kappa shape index (κ2) is 3.79. The number of hydrogen-bond donors (Lipinski definition) is 1. The van der Waals surface area contributed by atoms with Gasteiger partial charge in [0, 0.05) is 17.8 Å². The molecule has 0 amide bonds. The van der Waals surface area contributed by atoms with E-state index in [4.69, 9.17) is 4.74 Å². The summed E-state index contributed by atoms with van der Waals surface area (Å²) in [6.07, 6.45) is 5.67. The Morgan fingerprint density at radius 2 is 2.35 bits per heavy atom. The first-order valence-corrected chi connectivity index (χ1v) is 6.28. The molecule has 1 aliphatic heterocycles. The standard InChI is InChI=1S/C14H18O3/c1-9-2-3-14(13(16)4-9)8-17-7-10-5-11(15)6-12(10)14/h4-5,12-13,16H,2-3,6-8H2,1H3/t12-,13-,14-/m0/s1. The maximum absolute atomic E-state index is 11.6. The Kier molecular flexibility index (Phi) is 2.49. The number of aliphatic hydroxyl groups excluding tert-OH is 1. The van der Waals surface area contributed by atoms with Crippen LogP contribution >= 0.6 is 0 Å². The van der Waals surface area contributed by atoms with E-state index in [0.717, 1.165) is 18.4 Å². The van der Waals surface area contributed by atoms with Gasteiger partial charge in [-0.15, -0.1) is 0 Å². The molecule has 1 saturated heterocycles. The summed E-state index contributed by atoms with van der Waals surface area (Å²) in [5.41, 5.74) is 2.08. The smallest absolute Gasteiger partial charge is 0.156 e. The molecule has 0 bridgehead atoms. The van der Waals surface area contributed by atoms with Gasteiger partial charge in [0.05, 0.1) is 19.3 Å². The molecule has 17 heavy (non-hydrogen) atoms. The van der Waals surface area contributed by atoms with E-state index >= 15 is 0 Å². The topological polar surface area (TPSA) is 46.5 Å². The molecule has 3 aliphatic rings. The van der Waals surface area contributed by atoms with Crippen LogP contribution in [0.3, 0.4) is 0 Å². The Labute approximate surface area is 101 Å². The number of aliphatic hydroxyl groups is 1. The molecule has 0 radical (unpaired) electrons. The summed E-state index contributed by atoms with van der Waals surface area (Å²) in [5.74, 6) is 0.386. The molecule has 1 fully saturated rings. The monoisotopic (exact) mass is 234 g/mol. The van der Waals surface area contributed by atoms with Gasteiger partial charge in [0.25, 0.3) is 0 Å². The predicted molar refractivity (Wildman–Crippen MR) is 63.4 cm³/mol. The average molecular weight is 234 g/mol. The van der Waals surface area contributed by atoms with Crippen molar-refractivity contribution in [2.45, 2.75) is 32.3 Å². The van der Waals surface area contributed by atoms with E-state index in [-0.39, 0.29) is 17.1 Å². The van der Waals surface area contributed by atoms with Crippen LogP contribution in [0.25, 0.3) is 0 Å². The molecule has 3 heteroatoms. The second-order valence-corrected chi connectivity index (χ2v) is 5.63. The third-order valence-electron chi connectivity index (χ3n) is 4.55. The molecular weight excluding hydrogens is 216 g/mol. The predicted octanol–water partition coefficient (Wildman–Crippen LogP) is 1.62. The normalized spacial score (nSPS) is 41.2. The van der Waals surface area contributed by atoms with Crippen molar-refractivity contribution in [1.82, 2.24) is 0 Å². The van der Waals surface area contributed by atoms with Crippen LogP contribution in [0, 0.1) is 11.3 Å². The number of ether oxygens (including phenoxy) is 1. The molecule has 0 unspecified atom stereocenters. The van der Waals surface area contributed by atoms with Gasteiger partial charge < -0.3 is 9.84 Å². The first kappa shape index (κ1) is 11.2. The number of hydrogen-bond acceptors (Lipinski definition) is 3. The summed E-state index contributed by atoms with van der Waals surface area (Å²) >= 11 is 0. The van der Waals surface area contributed by atoms with Crippen LogP contribution in [0.15, 0.2) is 23.3 Å². The summed E-state index contributed by atoms with van der Waals surface area (Å²) in [6, 6.07) is 0. The van der Waals surface area contributed by atoms with Gasteiger partial charge in [-0.05, 0) is 31.4 Å². The zero-order valence-corrected chi connectivity index (χ0v) is 10.1. The molecule has 3 nitrogen and oxygen atoms in total. The van der Waals surface area contributed by atoms with Gasteiger partial charge in [0.15, 0.2) is 5.78 Å². The minimum atomic E-state index is -0.476. The second-order valence-electron chi connectivity index (χ2n) is 5.63. The zero-order valence-electron chi connectivity index (χ0n) is 10.1. The first-order valence-electron chi connectivity index (χ1n) is 6.28. The Hall–Kier alpha value is -0.930. The van der Waals surface area contributed by atoms with Gasteiger partial charge >= 0.3 is 0 Å². The molecule has 0 aromatic heterocycles. The lowest BCUT2D eigenvalue weighted by Crippen LogP contribution is -2.50. The quantitative estimate of drug-likeness (QED) is 0.648. The molecule has 3 rings (SSSR count). The molecule has 3 atom stereocenters. The Morgan fingerprint density at radius 3 is 3.12 bits per heavy atom. The molecule has 0 aromatic rings. The van der Waals surface area contributed by atoms with Crippen LogP contribution in [-0.2, 0) is 9.53 Å². The summed E-state index contributed by atoms with van der Waals surface area (Å²) in [7, 11) is 0. The van der Waals surface area contributed by atoms with Gasteiger partial charge in [-0.25, -0.2) is 0 Å². The van der Waals surface area contributed by atoms with Crippen molar-refractivity contribution in [3.05, 3.63) is 23.3 Å². The van der Waals surface area contributed by atoms with Gasteiger partial charge in [0.1, 0.15) is 0 Å². The fourth-order valence-electron chi connectivity index (χ4n) is 3.51. The van der Waals surface area contributed by atoms with Crippen molar-refractivity contribution in [2.24, 2.45) is 11.3 Å². The highest BCUT2D eigenvalue weighted by Crippen LogP contribution is 2.50. The fourth-order valence-corrected chi connectivity index (χ4v) is 3.51. The van der Waals surface area contributed by atoms with Crippen molar-refractivity contribution < 1.29 is 14.6 Å². The van der Waals surface area contributed by atoms with Crippen molar-refractivity contribution in [3.63, 3.8) is 0 Å². The highest BCUT2D eigenvalue weighted by atomic mass is 16.5.